The van der Waals surface area contributed by atoms with Gasteiger partial charge in [-0.15, -0.1) is 0 Å². The Hall–Kier alpha value is -1.58. The van der Waals surface area contributed by atoms with Gasteiger partial charge in [-0.25, -0.2) is 8.42 Å². The van der Waals surface area contributed by atoms with Crippen molar-refractivity contribution < 1.29 is 8.42 Å². The van der Waals surface area contributed by atoms with E-state index < -0.39 is 10.0 Å². The number of nitriles is 1. The van der Waals surface area contributed by atoms with Crippen molar-refractivity contribution in [1.82, 2.24) is 4.31 Å². The molecule has 0 aliphatic carbocycles. The Kier molecular flexibility index (Phi) is 4.92. The zero-order valence-corrected chi connectivity index (χ0v) is 12.3. The van der Waals surface area contributed by atoms with Gasteiger partial charge in [0.2, 0.25) is 10.0 Å². The molecule has 1 rings (SSSR count). The van der Waals surface area contributed by atoms with Gasteiger partial charge < -0.3 is 5.73 Å². The molecule has 0 radical (unpaired) electrons. The molecule has 0 spiro atoms. The predicted octanol–water partition coefficient (Wildman–Crippen LogP) is 1.81. The molecule has 6 heteroatoms. The third-order valence-corrected chi connectivity index (χ3v) is 5.10. The van der Waals surface area contributed by atoms with Gasteiger partial charge >= 0.3 is 0 Å². The van der Waals surface area contributed by atoms with Crippen LogP contribution in [0.15, 0.2) is 17.0 Å². The fourth-order valence-corrected chi connectivity index (χ4v) is 3.43. The second-order valence-corrected chi connectivity index (χ2v) is 6.29. The van der Waals surface area contributed by atoms with E-state index in [1.54, 1.807) is 19.1 Å². The lowest BCUT2D eigenvalue weighted by atomic mass is 10.1. The fourth-order valence-electron chi connectivity index (χ4n) is 1.80. The Morgan fingerprint density at radius 1 is 1.32 bits per heavy atom. The fraction of sp³-hybridized carbons (Fsp3) is 0.462. The topological polar surface area (TPSA) is 87.2 Å². The maximum absolute atomic E-state index is 12.5. The highest BCUT2D eigenvalue weighted by molar-refractivity contribution is 7.89. The van der Waals surface area contributed by atoms with E-state index in [2.05, 4.69) is 0 Å². The highest BCUT2D eigenvalue weighted by Crippen LogP contribution is 2.25. The molecule has 19 heavy (non-hydrogen) atoms. The molecule has 0 amide bonds. The van der Waals surface area contributed by atoms with Gasteiger partial charge in [0.15, 0.2) is 0 Å². The van der Waals surface area contributed by atoms with Crippen LogP contribution in [0.25, 0.3) is 0 Å². The maximum atomic E-state index is 12.5. The van der Waals surface area contributed by atoms with Gasteiger partial charge in [-0.1, -0.05) is 6.92 Å². The summed E-state index contributed by atoms with van der Waals surface area (Å²) in [6.07, 6.45) is 0.165. The number of rotatable bonds is 5. The van der Waals surface area contributed by atoms with Gasteiger partial charge in [0, 0.05) is 19.5 Å². The Labute approximate surface area is 114 Å². The van der Waals surface area contributed by atoms with Crippen molar-refractivity contribution in [2.75, 3.05) is 18.8 Å². The minimum absolute atomic E-state index is 0.121. The first-order valence-corrected chi connectivity index (χ1v) is 7.52. The molecule has 0 unspecified atom stereocenters. The van der Waals surface area contributed by atoms with Crippen molar-refractivity contribution in [2.24, 2.45) is 0 Å². The number of hydrogen-bond acceptors (Lipinski definition) is 4. The third kappa shape index (κ3) is 3.25. The van der Waals surface area contributed by atoms with Crippen LogP contribution in [0.1, 0.15) is 24.5 Å². The summed E-state index contributed by atoms with van der Waals surface area (Å²) < 4.78 is 26.3. The molecule has 0 aliphatic heterocycles. The molecule has 104 valence electrons. The molecule has 1 aromatic rings. The molecule has 0 heterocycles. The lowest BCUT2D eigenvalue weighted by molar-refractivity contribution is 0.435. The van der Waals surface area contributed by atoms with Gasteiger partial charge in [-0.3, -0.25) is 0 Å². The van der Waals surface area contributed by atoms with Gasteiger partial charge in [0.1, 0.15) is 4.90 Å². The standard InChI is InChI=1S/C13H19N3O2S/c1-4-16(7-5-6-14)19(17,18)13-9-11(3)10(2)8-12(13)15/h8-9H,4-5,7,15H2,1-3H3. The van der Waals surface area contributed by atoms with Gasteiger partial charge in [-0.2, -0.15) is 9.57 Å². The number of sulfonamides is 1. The van der Waals surface area contributed by atoms with Crippen LogP contribution in [0.5, 0.6) is 0 Å². The van der Waals surface area contributed by atoms with Crippen molar-refractivity contribution in [3.63, 3.8) is 0 Å². The summed E-state index contributed by atoms with van der Waals surface area (Å²) in [5.41, 5.74) is 7.91. The van der Waals surface area contributed by atoms with E-state index >= 15 is 0 Å². The minimum Gasteiger partial charge on any atom is -0.398 e. The number of hydrogen-bond donors (Lipinski definition) is 1. The summed E-state index contributed by atoms with van der Waals surface area (Å²) in [5.74, 6) is 0. The van der Waals surface area contributed by atoms with E-state index in [0.29, 0.717) is 6.54 Å². The third-order valence-electron chi connectivity index (χ3n) is 3.07. The maximum Gasteiger partial charge on any atom is 0.245 e. The highest BCUT2D eigenvalue weighted by Gasteiger charge is 2.25. The van der Waals surface area contributed by atoms with Crippen molar-refractivity contribution in [3.05, 3.63) is 23.3 Å². The Morgan fingerprint density at radius 2 is 1.89 bits per heavy atom. The largest absolute Gasteiger partial charge is 0.398 e. The quantitative estimate of drug-likeness (QED) is 0.834. The van der Waals surface area contributed by atoms with Crippen molar-refractivity contribution in [2.45, 2.75) is 32.1 Å². The van der Waals surface area contributed by atoms with Crippen LogP contribution in [0.4, 0.5) is 5.69 Å². The van der Waals surface area contributed by atoms with Crippen molar-refractivity contribution in [1.29, 1.82) is 5.26 Å². The minimum atomic E-state index is -3.64. The van der Waals surface area contributed by atoms with Crippen LogP contribution in [-0.4, -0.2) is 25.8 Å². The van der Waals surface area contributed by atoms with Crippen molar-refractivity contribution in [3.8, 4) is 6.07 Å². The number of nitrogens with zero attached hydrogens (tertiary/aromatic N) is 2. The van der Waals surface area contributed by atoms with Gasteiger partial charge in [0.05, 0.1) is 11.8 Å². The van der Waals surface area contributed by atoms with Gasteiger partial charge in [-0.05, 0) is 37.1 Å². The molecule has 0 saturated heterocycles. The SMILES string of the molecule is CCN(CCC#N)S(=O)(=O)c1cc(C)c(C)cc1N. The number of nitrogen functional groups attached to an aromatic ring is 1. The number of aryl methyl sites for hydroxylation is 2. The van der Waals surface area contributed by atoms with Crippen molar-refractivity contribution >= 4 is 15.7 Å². The van der Waals surface area contributed by atoms with E-state index in [9.17, 15) is 8.42 Å². The second-order valence-electron chi connectivity index (χ2n) is 4.38. The summed E-state index contributed by atoms with van der Waals surface area (Å²) in [5, 5.41) is 8.59. The number of nitrogens with two attached hydrogens (primary N) is 1. The van der Waals surface area contributed by atoms with Crippen LogP contribution in [0, 0.1) is 25.2 Å². The second kappa shape index (κ2) is 6.04. The Morgan fingerprint density at radius 3 is 2.42 bits per heavy atom. The van der Waals surface area contributed by atoms with E-state index in [-0.39, 0.29) is 23.5 Å². The lowest BCUT2D eigenvalue weighted by Gasteiger charge is -2.21. The van der Waals surface area contributed by atoms with Crippen LogP contribution in [0.2, 0.25) is 0 Å². The molecule has 0 bridgehead atoms. The molecule has 1 aromatic carbocycles. The smallest absolute Gasteiger partial charge is 0.245 e. The molecular formula is C13H19N3O2S. The zero-order chi connectivity index (χ0) is 14.6. The molecule has 0 aliphatic rings. The molecule has 0 aromatic heterocycles. The van der Waals surface area contributed by atoms with Crippen LogP contribution >= 0.6 is 0 Å². The molecule has 0 atom stereocenters. The predicted molar refractivity (Wildman–Crippen MR) is 75.0 cm³/mol. The summed E-state index contributed by atoms with van der Waals surface area (Å²) in [4.78, 5) is 0.121. The van der Waals surface area contributed by atoms with E-state index in [1.165, 1.54) is 4.31 Å². The summed E-state index contributed by atoms with van der Waals surface area (Å²) in [6.45, 7) is 5.97. The van der Waals surface area contributed by atoms with Gasteiger partial charge in [0.25, 0.3) is 0 Å². The normalized spacial score (nSPS) is 11.5. The molecule has 5 nitrogen and oxygen atoms in total. The first-order chi connectivity index (χ1) is 8.84. The molecule has 2 N–H and O–H groups in total. The molecular weight excluding hydrogens is 262 g/mol. The Bertz CT molecular complexity index is 603. The summed E-state index contributed by atoms with van der Waals surface area (Å²) >= 11 is 0. The van der Waals surface area contributed by atoms with Crippen LogP contribution < -0.4 is 5.73 Å². The first-order valence-electron chi connectivity index (χ1n) is 6.08. The lowest BCUT2D eigenvalue weighted by Crippen LogP contribution is -2.32. The molecule has 0 saturated carbocycles. The highest BCUT2D eigenvalue weighted by atomic mass is 32.2. The summed E-state index contributed by atoms with van der Waals surface area (Å²) in [6, 6.07) is 5.21. The van der Waals surface area contributed by atoms with Crippen LogP contribution in [-0.2, 0) is 10.0 Å². The monoisotopic (exact) mass is 281 g/mol. The molecule has 0 fully saturated rings. The summed E-state index contributed by atoms with van der Waals surface area (Å²) in [7, 11) is -3.64. The van der Waals surface area contributed by atoms with Crippen LogP contribution in [0.3, 0.4) is 0 Å². The average Bonchev–Trinajstić information content (AvgIpc) is 2.34. The zero-order valence-electron chi connectivity index (χ0n) is 11.5. The first kappa shape index (κ1) is 15.5. The number of benzene rings is 1. The Balaban J connectivity index is 3.26. The van der Waals surface area contributed by atoms with E-state index in [0.717, 1.165) is 11.1 Å². The van der Waals surface area contributed by atoms with E-state index in [4.69, 9.17) is 11.0 Å². The number of anilines is 1. The van der Waals surface area contributed by atoms with E-state index in [1.807, 2.05) is 19.9 Å². The average molecular weight is 281 g/mol.